The molecule has 0 fully saturated rings. The van der Waals surface area contributed by atoms with E-state index in [0.29, 0.717) is 16.8 Å². The average Bonchev–Trinajstić information content (AvgIpc) is 3.18. The molecule has 2 N–H and O–H groups in total. The van der Waals surface area contributed by atoms with Crippen LogP contribution < -0.4 is 5.73 Å². The van der Waals surface area contributed by atoms with Crippen LogP contribution in [0.2, 0.25) is 0 Å². The maximum atomic E-state index is 13.7. The topological polar surface area (TPSA) is 73.8 Å². The molecule has 132 valence electrons. The highest BCUT2D eigenvalue weighted by molar-refractivity contribution is 8.23. The molecule has 3 heterocycles. The van der Waals surface area contributed by atoms with E-state index in [2.05, 4.69) is 10.1 Å². The lowest BCUT2D eigenvalue weighted by Crippen LogP contribution is -2.34. The average molecular weight is 368 g/mol. The van der Waals surface area contributed by atoms with E-state index in [1.807, 2.05) is 12.1 Å². The van der Waals surface area contributed by atoms with Gasteiger partial charge >= 0.3 is 0 Å². The van der Waals surface area contributed by atoms with Gasteiger partial charge in [-0.05, 0) is 42.0 Å². The summed E-state index contributed by atoms with van der Waals surface area (Å²) in [6.45, 7) is 0. The predicted molar refractivity (Wildman–Crippen MR) is 103 cm³/mol. The van der Waals surface area contributed by atoms with E-state index in [4.69, 9.17) is 5.73 Å². The molecule has 4 rings (SSSR count). The highest BCUT2D eigenvalue weighted by atomic mass is 32.3. The van der Waals surface area contributed by atoms with E-state index in [9.17, 15) is 8.60 Å². The standard InChI is InChI=1S/C19H17FN4OS/c1-26(25,12-2-3-13-26)24-19(21)17(14-8-10-22-11-9-14)18(23-24)15-4-6-16(20)7-5-15/h2-13H,21H2,1H3. The summed E-state index contributed by atoms with van der Waals surface area (Å²) in [6.07, 6.45) is 8.36. The van der Waals surface area contributed by atoms with Crippen molar-refractivity contribution in [2.24, 2.45) is 0 Å². The lowest BCUT2D eigenvalue weighted by atomic mass is 10.0. The number of nitrogen functional groups attached to an aromatic ring is 1. The Morgan fingerprint density at radius 3 is 2.23 bits per heavy atom. The van der Waals surface area contributed by atoms with Crippen molar-refractivity contribution in [1.82, 2.24) is 14.2 Å². The molecule has 0 aliphatic carbocycles. The second kappa shape index (κ2) is 5.47. The number of aromatic nitrogens is 3. The molecule has 0 amide bonds. The third kappa shape index (κ3) is 2.48. The van der Waals surface area contributed by atoms with Crippen LogP contribution in [0.15, 0.2) is 71.8 Å². The molecule has 1 aromatic carbocycles. The number of allylic oxidation sites excluding steroid dienone is 2. The molecule has 7 heteroatoms. The number of hydrogen-bond donors (Lipinski definition) is 1. The first-order valence-electron chi connectivity index (χ1n) is 7.94. The molecule has 0 radical (unpaired) electrons. The smallest absolute Gasteiger partial charge is 0.144 e. The molecule has 1 aliphatic rings. The Hall–Kier alpha value is -3.06. The number of hydrogen-bond acceptors (Lipinski definition) is 4. The van der Waals surface area contributed by atoms with Crippen LogP contribution in [0.25, 0.3) is 22.4 Å². The Kier molecular flexibility index (Phi) is 3.45. The van der Waals surface area contributed by atoms with Crippen LogP contribution in [0, 0.1) is 5.82 Å². The predicted octanol–water partition coefficient (Wildman–Crippen LogP) is 3.59. The van der Waals surface area contributed by atoms with Crippen molar-refractivity contribution in [3.8, 4) is 22.4 Å². The van der Waals surface area contributed by atoms with E-state index < -0.39 is 9.25 Å². The third-order valence-corrected chi connectivity index (χ3v) is 7.15. The van der Waals surface area contributed by atoms with Gasteiger partial charge in [-0.3, -0.25) is 9.19 Å². The van der Waals surface area contributed by atoms with Crippen LogP contribution in [0.4, 0.5) is 10.2 Å². The van der Waals surface area contributed by atoms with Gasteiger partial charge in [0.2, 0.25) is 0 Å². The molecule has 0 saturated heterocycles. The monoisotopic (exact) mass is 368 g/mol. The largest absolute Gasteiger partial charge is 0.383 e. The lowest BCUT2D eigenvalue weighted by molar-refractivity contribution is 0.628. The SMILES string of the molecule is CS1(=O)(n2nc(-c3ccc(F)cc3)c(-c3ccncc3)c2N)C=CC=C1. The molecule has 0 spiro atoms. The van der Waals surface area contributed by atoms with Gasteiger partial charge in [0.05, 0.1) is 5.56 Å². The van der Waals surface area contributed by atoms with Gasteiger partial charge in [-0.15, -0.1) is 0 Å². The minimum atomic E-state index is -3.52. The van der Waals surface area contributed by atoms with E-state index >= 15 is 0 Å². The minimum absolute atomic E-state index is 0.284. The van der Waals surface area contributed by atoms with Gasteiger partial charge in [-0.2, -0.15) is 9.19 Å². The number of benzene rings is 1. The van der Waals surface area contributed by atoms with Gasteiger partial charge in [-0.1, -0.05) is 12.2 Å². The normalized spacial score (nSPS) is 18.5. The first kappa shape index (κ1) is 16.4. The van der Waals surface area contributed by atoms with Gasteiger partial charge < -0.3 is 5.73 Å². The summed E-state index contributed by atoms with van der Waals surface area (Å²) >= 11 is 0. The highest BCUT2D eigenvalue weighted by Crippen LogP contribution is 2.42. The van der Waals surface area contributed by atoms with Crippen molar-refractivity contribution in [2.45, 2.75) is 0 Å². The summed E-state index contributed by atoms with van der Waals surface area (Å²) in [4.78, 5) is 4.03. The van der Waals surface area contributed by atoms with E-state index in [0.717, 1.165) is 5.56 Å². The Morgan fingerprint density at radius 2 is 1.62 bits per heavy atom. The second-order valence-electron chi connectivity index (χ2n) is 6.32. The summed E-state index contributed by atoms with van der Waals surface area (Å²) in [7, 11) is -3.52. The van der Waals surface area contributed by atoms with Gasteiger partial charge in [-0.25, -0.2) is 4.39 Å². The Balaban J connectivity index is 2.03. The summed E-state index contributed by atoms with van der Waals surface area (Å²) in [5, 5.41) is 7.83. The van der Waals surface area contributed by atoms with Crippen molar-refractivity contribution < 1.29 is 8.60 Å². The number of halogens is 1. The summed E-state index contributed by atoms with van der Waals surface area (Å²) < 4.78 is 28.4. The first-order valence-corrected chi connectivity index (χ1v) is 10.4. The molecular weight excluding hydrogens is 351 g/mol. The van der Waals surface area contributed by atoms with Crippen LogP contribution in [-0.4, -0.2) is 24.6 Å². The second-order valence-corrected chi connectivity index (χ2v) is 10.1. The van der Waals surface area contributed by atoms with Crippen molar-refractivity contribution in [1.29, 1.82) is 0 Å². The maximum Gasteiger partial charge on any atom is 0.144 e. The van der Waals surface area contributed by atoms with Gasteiger partial charge in [0.25, 0.3) is 0 Å². The van der Waals surface area contributed by atoms with E-state index in [1.54, 1.807) is 53.8 Å². The highest BCUT2D eigenvalue weighted by Gasteiger charge is 2.35. The first-order chi connectivity index (χ1) is 12.4. The number of anilines is 1. The van der Waals surface area contributed by atoms with Crippen molar-refractivity contribution in [2.75, 3.05) is 12.0 Å². The van der Waals surface area contributed by atoms with E-state index in [-0.39, 0.29) is 11.6 Å². The summed E-state index contributed by atoms with van der Waals surface area (Å²) in [5.74, 6) is -0.0564. The molecule has 5 nitrogen and oxygen atoms in total. The van der Waals surface area contributed by atoms with E-state index in [1.165, 1.54) is 16.2 Å². The molecule has 2 aromatic heterocycles. The van der Waals surface area contributed by atoms with Crippen molar-refractivity contribution in [3.05, 3.63) is 77.6 Å². The summed E-state index contributed by atoms with van der Waals surface area (Å²) in [5.41, 5.74) is 9.08. The maximum absolute atomic E-state index is 13.7. The molecule has 0 unspecified atom stereocenters. The zero-order valence-electron chi connectivity index (χ0n) is 14.0. The van der Waals surface area contributed by atoms with Crippen LogP contribution in [0.3, 0.4) is 0 Å². The van der Waals surface area contributed by atoms with Crippen molar-refractivity contribution in [3.63, 3.8) is 0 Å². The molecule has 0 bridgehead atoms. The molecule has 1 aliphatic heterocycles. The lowest BCUT2D eigenvalue weighted by Gasteiger charge is -2.30. The van der Waals surface area contributed by atoms with Gasteiger partial charge in [0.1, 0.15) is 17.3 Å². The third-order valence-electron chi connectivity index (χ3n) is 4.35. The zero-order chi connectivity index (χ0) is 18.4. The molecule has 0 saturated carbocycles. The molecule has 3 aromatic rings. The minimum Gasteiger partial charge on any atom is -0.383 e. The van der Waals surface area contributed by atoms with Crippen LogP contribution in [0.5, 0.6) is 0 Å². The van der Waals surface area contributed by atoms with Crippen molar-refractivity contribution >= 4 is 15.1 Å². The van der Waals surface area contributed by atoms with Crippen LogP contribution in [-0.2, 0) is 9.25 Å². The Morgan fingerprint density at radius 1 is 1.00 bits per heavy atom. The van der Waals surface area contributed by atoms with Gasteiger partial charge in [0.15, 0.2) is 0 Å². The fraction of sp³-hybridized carbons (Fsp3) is 0.0526. The fourth-order valence-electron chi connectivity index (χ4n) is 3.02. The molecule has 0 atom stereocenters. The molecular formula is C19H17FN4OS. The van der Waals surface area contributed by atoms with Crippen LogP contribution >= 0.6 is 0 Å². The number of nitrogens with two attached hydrogens (primary N) is 1. The summed E-state index contributed by atoms with van der Waals surface area (Å²) in [6, 6.07) is 9.60. The molecule has 26 heavy (non-hydrogen) atoms. The Labute approximate surface area is 150 Å². The number of nitrogens with zero attached hydrogens (tertiary/aromatic N) is 3. The number of rotatable bonds is 3. The Bertz CT molecular complexity index is 1100. The quantitative estimate of drug-likeness (QED) is 0.767. The van der Waals surface area contributed by atoms with Crippen LogP contribution in [0.1, 0.15) is 0 Å². The number of pyridine rings is 1. The zero-order valence-corrected chi connectivity index (χ0v) is 14.9. The van der Waals surface area contributed by atoms with Gasteiger partial charge in [0, 0.05) is 44.3 Å². The fourth-order valence-corrected chi connectivity index (χ4v) is 5.17.